The number of rotatable bonds is 8. The van der Waals surface area contributed by atoms with Gasteiger partial charge in [-0.25, -0.2) is 4.39 Å². The largest absolute Gasteiger partial charge is 0.383 e. The molecule has 1 rings (SSSR count). The zero-order valence-electron chi connectivity index (χ0n) is 14.0. The summed E-state index contributed by atoms with van der Waals surface area (Å²) in [5.74, 6) is 0.581. The second kappa shape index (κ2) is 10.1. The molecule has 6 heteroatoms. The summed E-state index contributed by atoms with van der Waals surface area (Å²) in [6.45, 7) is 3.92. The van der Waals surface area contributed by atoms with E-state index in [9.17, 15) is 4.39 Å². The van der Waals surface area contributed by atoms with Gasteiger partial charge >= 0.3 is 0 Å². The van der Waals surface area contributed by atoms with Gasteiger partial charge in [0.2, 0.25) is 0 Å². The van der Waals surface area contributed by atoms with Crippen LogP contribution in [-0.2, 0) is 11.3 Å². The van der Waals surface area contributed by atoms with Gasteiger partial charge in [-0.2, -0.15) is 0 Å². The Morgan fingerprint density at radius 2 is 2.09 bits per heavy atom. The number of hydrogen-bond acceptors (Lipinski definition) is 3. The SMILES string of the molecule is CN=C(NCCN(C)CCOC)N(C)Cc1cccc(F)c1. The van der Waals surface area contributed by atoms with Crippen LogP contribution in [0.25, 0.3) is 0 Å². The Balaban J connectivity index is 2.40. The monoisotopic (exact) mass is 310 g/mol. The molecule has 124 valence electrons. The molecular weight excluding hydrogens is 283 g/mol. The first-order valence-electron chi connectivity index (χ1n) is 7.40. The van der Waals surface area contributed by atoms with Crippen LogP contribution in [0, 0.1) is 5.82 Å². The summed E-state index contributed by atoms with van der Waals surface area (Å²) < 4.78 is 18.3. The van der Waals surface area contributed by atoms with Gasteiger partial charge in [0.15, 0.2) is 5.96 Å². The molecule has 0 aliphatic carbocycles. The highest BCUT2D eigenvalue weighted by Gasteiger charge is 2.07. The zero-order valence-corrected chi connectivity index (χ0v) is 14.0. The van der Waals surface area contributed by atoms with Crippen LogP contribution in [0.2, 0.25) is 0 Å². The molecule has 1 aromatic carbocycles. The lowest BCUT2D eigenvalue weighted by Gasteiger charge is -2.23. The maximum Gasteiger partial charge on any atom is 0.193 e. The van der Waals surface area contributed by atoms with Crippen LogP contribution in [0.4, 0.5) is 4.39 Å². The summed E-state index contributed by atoms with van der Waals surface area (Å²) in [4.78, 5) is 8.43. The van der Waals surface area contributed by atoms with Gasteiger partial charge in [0.1, 0.15) is 5.82 Å². The van der Waals surface area contributed by atoms with Gasteiger partial charge < -0.3 is 19.9 Å². The predicted molar refractivity (Wildman–Crippen MR) is 88.6 cm³/mol. The van der Waals surface area contributed by atoms with E-state index in [2.05, 4.69) is 22.3 Å². The summed E-state index contributed by atoms with van der Waals surface area (Å²) in [5.41, 5.74) is 0.919. The fourth-order valence-electron chi connectivity index (χ4n) is 2.09. The number of benzene rings is 1. The lowest BCUT2D eigenvalue weighted by molar-refractivity contribution is 0.162. The van der Waals surface area contributed by atoms with Gasteiger partial charge in [0.25, 0.3) is 0 Å². The van der Waals surface area contributed by atoms with E-state index in [1.165, 1.54) is 6.07 Å². The number of hydrogen-bond donors (Lipinski definition) is 1. The maximum atomic E-state index is 13.2. The second-order valence-corrected chi connectivity index (χ2v) is 5.26. The van der Waals surface area contributed by atoms with E-state index < -0.39 is 0 Å². The lowest BCUT2D eigenvalue weighted by atomic mass is 10.2. The first kappa shape index (κ1) is 18.4. The number of aliphatic imine (C=N–C) groups is 1. The average molecular weight is 310 g/mol. The minimum Gasteiger partial charge on any atom is -0.383 e. The van der Waals surface area contributed by atoms with Crippen molar-refractivity contribution in [3.63, 3.8) is 0 Å². The summed E-state index contributed by atoms with van der Waals surface area (Å²) in [6.07, 6.45) is 0. The minimum atomic E-state index is -0.214. The molecule has 0 unspecified atom stereocenters. The summed E-state index contributed by atoms with van der Waals surface area (Å²) in [6, 6.07) is 6.62. The molecular formula is C16H27FN4O. The van der Waals surface area contributed by atoms with Crippen LogP contribution in [0.5, 0.6) is 0 Å². The molecule has 0 bridgehead atoms. The molecule has 1 aromatic rings. The Labute approximate surface area is 132 Å². The highest BCUT2D eigenvalue weighted by Crippen LogP contribution is 2.06. The van der Waals surface area contributed by atoms with Crippen LogP contribution in [0.1, 0.15) is 5.56 Å². The zero-order chi connectivity index (χ0) is 16.4. The van der Waals surface area contributed by atoms with Crippen molar-refractivity contribution in [1.29, 1.82) is 0 Å². The van der Waals surface area contributed by atoms with Crippen LogP contribution >= 0.6 is 0 Å². The molecule has 22 heavy (non-hydrogen) atoms. The molecule has 0 heterocycles. The first-order valence-corrected chi connectivity index (χ1v) is 7.40. The molecule has 0 saturated carbocycles. The molecule has 0 fully saturated rings. The maximum absolute atomic E-state index is 13.2. The van der Waals surface area contributed by atoms with E-state index in [1.54, 1.807) is 26.3 Å². The van der Waals surface area contributed by atoms with Gasteiger partial charge in [0, 0.05) is 47.4 Å². The van der Waals surface area contributed by atoms with Gasteiger partial charge in [-0.15, -0.1) is 0 Å². The molecule has 0 saturated heterocycles. The van der Waals surface area contributed by atoms with Crippen LogP contribution in [0.3, 0.4) is 0 Å². The number of methoxy groups -OCH3 is 1. The van der Waals surface area contributed by atoms with Gasteiger partial charge in [0.05, 0.1) is 6.61 Å². The average Bonchev–Trinajstić information content (AvgIpc) is 2.49. The molecule has 1 N–H and O–H groups in total. The van der Waals surface area contributed by atoms with Crippen LogP contribution < -0.4 is 5.32 Å². The smallest absolute Gasteiger partial charge is 0.193 e. The van der Waals surface area contributed by atoms with E-state index in [4.69, 9.17) is 4.74 Å². The van der Waals surface area contributed by atoms with E-state index in [0.29, 0.717) is 6.54 Å². The Morgan fingerprint density at radius 1 is 1.32 bits per heavy atom. The third-order valence-corrected chi connectivity index (χ3v) is 3.34. The number of guanidine groups is 1. The standard InChI is InChI=1S/C16H27FN4O/c1-18-16(19-8-9-20(2)10-11-22-4)21(3)13-14-6-5-7-15(17)12-14/h5-7,12H,8-11,13H2,1-4H3,(H,18,19). The summed E-state index contributed by atoms with van der Waals surface area (Å²) in [5, 5.41) is 3.31. The van der Waals surface area contributed by atoms with Crippen molar-refractivity contribution < 1.29 is 9.13 Å². The number of nitrogens with zero attached hydrogens (tertiary/aromatic N) is 3. The predicted octanol–water partition coefficient (Wildman–Crippen LogP) is 1.41. The number of ether oxygens (including phenoxy) is 1. The topological polar surface area (TPSA) is 40.1 Å². The van der Waals surface area contributed by atoms with Crippen LogP contribution in [0.15, 0.2) is 29.3 Å². The van der Waals surface area contributed by atoms with Crippen LogP contribution in [-0.4, -0.2) is 70.3 Å². The van der Waals surface area contributed by atoms with Crippen molar-refractivity contribution in [3.8, 4) is 0 Å². The van der Waals surface area contributed by atoms with Gasteiger partial charge in [-0.1, -0.05) is 12.1 Å². The molecule has 0 aromatic heterocycles. The van der Waals surface area contributed by atoms with Crippen molar-refractivity contribution >= 4 is 5.96 Å². The lowest BCUT2D eigenvalue weighted by Crippen LogP contribution is -2.42. The van der Waals surface area contributed by atoms with E-state index in [1.807, 2.05) is 18.0 Å². The van der Waals surface area contributed by atoms with Crippen molar-refractivity contribution in [2.45, 2.75) is 6.54 Å². The molecule has 0 amide bonds. The van der Waals surface area contributed by atoms with E-state index >= 15 is 0 Å². The molecule has 0 aliphatic heterocycles. The first-order chi connectivity index (χ1) is 10.6. The second-order valence-electron chi connectivity index (χ2n) is 5.26. The van der Waals surface area contributed by atoms with E-state index in [0.717, 1.165) is 37.8 Å². The molecule has 0 radical (unpaired) electrons. The highest BCUT2D eigenvalue weighted by molar-refractivity contribution is 5.79. The Kier molecular flexibility index (Phi) is 8.47. The molecule has 0 spiro atoms. The normalized spacial score (nSPS) is 11.8. The molecule has 0 atom stereocenters. The number of likely N-dealkylation sites (N-methyl/N-ethyl adjacent to an activating group) is 1. The van der Waals surface area contributed by atoms with Crippen molar-refractivity contribution in [3.05, 3.63) is 35.6 Å². The van der Waals surface area contributed by atoms with Gasteiger partial charge in [-0.3, -0.25) is 4.99 Å². The fraction of sp³-hybridized carbons (Fsp3) is 0.562. The molecule has 0 aliphatic rings. The highest BCUT2D eigenvalue weighted by atomic mass is 19.1. The van der Waals surface area contributed by atoms with E-state index in [-0.39, 0.29) is 5.82 Å². The quantitative estimate of drug-likeness (QED) is 0.582. The van der Waals surface area contributed by atoms with Crippen molar-refractivity contribution in [1.82, 2.24) is 15.1 Å². The summed E-state index contributed by atoms with van der Waals surface area (Å²) >= 11 is 0. The number of halogens is 1. The summed E-state index contributed by atoms with van der Waals surface area (Å²) in [7, 11) is 7.45. The Hall–Kier alpha value is -1.66. The fourth-order valence-corrected chi connectivity index (χ4v) is 2.09. The third-order valence-electron chi connectivity index (χ3n) is 3.34. The van der Waals surface area contributed by atoms with Crippen molar-refractivity contribution in [2.24, 2.45) is 4.99 Å². The Bertz CT molecular complexity index is 467. The third kappa shape index (κ3) is 6.87. The molecule has 5 nitrogen and oxygen atoms in total. The number of nitrogens with one attached hydrogen (secondary N) is 1. The van der Waals surface area contributed by atoms with Crippen molar-refractivity contribution in [2.75, 3.05) is 54.5 Å². The Morgan fingerprint density at radius 3 is 2.73 bits per heavy atom. The minimum absolute atomic E-state index is 0.214. The van der Waals surface area contributed by atoms with Gasteiger partial charge in [-0.05, 0) is 24.7 Å².